The van der Waals surface area contributed by atoms with E-state index in [0.717, 1.165) is 12.8 Å². The van der Waals surface area contributed by atoms with E-state index < -0.39 is 6.10 Å². The zero-order chi connectivity index (χ0) is 14.8. The maximum atomic E-state index is 11.7. The monoisotopic (exact) mass is 280 g/mol. The normalized spacial score (nSPS) is 13.6. The van der Waals surface area contributed by atoms with Crippen LogP contribution in [0.25, 0.3) is 0 Å². The Morgan fingerprint density at radius 1 is 1.35 bits per heavy atom. The summed E-state index contributed by atoms with van der Waals surface area (Å²) < 4.78 is 4.80. The Morgan fingerprint density at radius 3 is 2.65 bits per heavy atom. The number of urea groups is 1. The molecule has 112 valence electrons. The molecular formula is C15H24N2O3. The van der Waals surface area contributed by atoms with Gasteiger partial charge in [-0.05, 0) is 18.4 Å². The maximum absolute atomic E-state index is 11.7. The maximum Gasteiger partial charge on any atom is 0.315 e. The molecule has 20 heavy (non-hydrogen) atoms. The van der Waals surface area contributed by atoms with E-state index in [1.54, 1.807) is 0 Å². The SMILES string of the molecule is CCC(Cc1ccccc1)NC(=O)NCC(O)COC. The van der Waals surface area contributed by atoms with Crippen LogP contribution in [0, 0.1) is 0 Å². The number of benzene rings is 1. The van der Waals surface area contributed by atoms with Crippen LogP contribution in [-0.2, 0) is 11.2 Å². The second kappa shape index (κ2) is 9.34. The molecule has 1 aromatic carbocycles. The Hall–Kier alpha value is -1.59. The van der Waals surface area contributed by atoms with Crippen LogP contribution in [0.5, 0.6) is 0 Å². The lowest BCUT2D eigenvalue weighted by atomic mass is 10.0. The summed E-state index contributed by atoms with van der Waals surface area (Å²) in [4.78, 5) is 11.7. The minimum atomic E-state index is -0.681. The number of aliphatic hydroxyl groups is 1. The number of hydrogen-bond acceptors (Lipinski definition) is 3. The summed E-state index contributed by atoms with van der Waals surface area (Å²) in [7, 11) is 1.51. The van der Waals surface area contributed by atoms with E-state index in [4.69, 9.17) is 4.74 Å². The van der Waals surface area contributed by atoms with Crippen molar-refractivity contribution in [3.05, 3.63) is 35.9 Å². The van der Waals surface area contributed by atoms with Gasteiger partial charge in [-0.1, -0.05) is 37.3 Å². The Balaban J connectivity index is 2.34. The first kappa shape index (κ1) is 16.5. The van der Waals surface area contributed by atoms with Gasteiger partial charge in [-0.25, -0.2) is 4.79 Å². The number of nitrogens with one attached hydrogen (secondary N) is 2. The molecule has 0 saturated heterocycles. The molecule has 2 amide bonds. The van der Waals surface area contributed by atoms with Crippen LogP contribution in [0.15, 0.2) is 30.3 Å². The summed E-state index contributed by atoms with van der Waals surface area (Å²) in [5.74, 6) is 0. The molecule has 0 radical (unpaired) electrons. The van der Waals surface area contributed by atoms with Gasteiger partial charge in [-0.15, -0.1) is 0 Å². The smallest absolute Gasteiger partial charge is 0.315 e. The van der Waals surface area contributed by atoms with Crippen LogP contribution in [0.1, 0.15) is 18.9 Å². The fourth-order valence-corrected chi connectivity index (χ4v) is 1.89. The van der Waals surface area contributed by atoms with Crippen LogP contribution in [0.4, 0.5) is 4.79 Å². The van der Waals surface area contributed by atoms with E-state index in [9.17, 15) is 9.90 Å². The van der Waals surface area contributed by atoms with Gasteiger partial charge >= 0.3 is 6.03 Å². The molecule has 0 aliphatic rings. The molecule has 0 aliphatic carbocycles. The lowest BCUT2D eigenvalue weighted by molar-refractivity contribution is 0.0659. The van der Waals surface area contributed by atoms with Crippen molar-refractivity contribution in [1.29, 1.82) is 0 Å². The van der Waals surface area contributed by atoms with Crippen LogP contribution >= 0.6 is 0 Å². The molecule has 3 N–H and O–H groups in total. The largest absolute Gasteiger partial charge is 0.389 e. The fourth-order valence-electron chi connectivity index (χ4n) is 1.89. The minimum Gasteiger partial charge on any atom is -0.389 e. The van der Waals surface area contributed by atoms with Gasteiger partial charge in [0.05, 0.1) is 12.7 Å². The Kier molecular flexibility index (Phi) is 7.69. The molecule has 0 spiro atoms. The van der Waals surface area contributed by atoms with Crippen LogP contribution in [0.2, 0.25) is 0 Å². The quantitative estimate of drug-likeness (QED) is 0.672. The van der Waals surface area contributed by atoms with E-state index in [-0.39, 0.29) is 25.2 Å². The predicted octanol–water partition coefficient (Wildman–Crippen LogP) is 1.31. The Labute approximate surface area is 120 Å². The summed E-state index contributed by atoms with van der Waals surface area (Å²) >= 11 is 0. The van der Waals surface area contributed by atoms with Gasteiger partial charge in [0.15, 0.2) is 0 Å². The van der Waals surface area contributed by atoms with Crippen molar-refractivity contribution in [2.45, 2.75) is 31.9 Å². The third kappa shape index (κ3) is 6.54. The highest BCUT2D eigenvalue weighted by Gasteiger charge is 2.12. The van der Waals surface area contributed by atoms with E-state index in [2.05, 4.69) is 10.6 Å². The second-order valence-electron chi connectivity index (χ2n) is 4.76. The van der Waals surface area contributed by atoms with Crippen LogP contribution in [0.3, 0.4) is 0 Å². The summed E-state index contributed by atoms with van der Waals surface area (Å²) in [6.07, 6.45) is 0.967. The first-order valence-electron chi connectivity index (χ1n) is 6.91. The number of methoxy groups -OCH3 is 1. The highest BCUT2D eigenvalue weighted by molar-refractivity contribution is 5.74. The van der Waals surface area contributed by atoms with Crippen molar-refractivity contribution in [1.82, 2.24) is 10.6 Å². The molecule has 5 heteroatoms. The van der Waals surface area contributed by atoms with Crippen molar-refractivity contribution in [2.24, 2.45) is 0 Å². The third-order valence-electron chi connectivity index (χ3n) is 3.01. The van der Waals surface area contributed by atoms with Crippen molar-refractivity contribution in [2.75, 3.05) is 20.3 Å². The van der Waals surface area contributed by atoms with Crippen molar-refractivity contribution in [3.63, 3.8) is 0 Å². The lowest BCUT2D eigenvalue weighted by Gasteiger charge is -2.18. The average Bonchev–Trinajstić information content (AvgIpc) is 2.46. The number of amides is 2. The first-order chi connectivity index (χ1) is 9.65. The highest BCUT2D eigenvalue weighted by Crippen LogP contribution is 2.05. The topological polar surface area (TPSA) is 70.6 Å². The molecule has 0 bridgehead atoms. The number of carbonyl (C=O) groups excluding carboxylic acids is 1. The van der Waals surface area contributed by atoms with Gasteiger partial charge in [0.25, 0.3) is 0 Å². The Morgan fingerprint density at radius 2 is 2.05 bits per heavy atom. The van der Waals surface area contributed by atoms with Gasteiger partial charge in [-0.2, -0.15) is 0 Å². The van der Waals surface area contributed by atoms with Gasteiger partial charge in [0.2, 0.25) is 0 Å². The molecule has 0 aliphatic heterocycles. The second-order valence-corrected chi connectivity index (χ2v) is 4.76. The summed E-state index contributed by atoms with van der Waals surface area (Å²) in [6, 6.07) is 9.86. The van der Waals surface area contributed by atoms with Gasteiger partial charge in [0, 0.05) is 19.7 Å². The predicted molar refractivity (Wildman–Crippen MR) is 78.6 cm³/mol. The lowest BCUT2D eigenvalue weighted by Crippen LogP contribution is -2.45. The molecule has 1 aromatic rings. The molecule has 0 aromatic heterocycles. The molecule has 0 saturated carbocycles. The molecular weight excluding hydrogens is 256 g/mol. The molecule has 0 fully saturated rings. The molecule has 5 nitrogen and oxygen atoms in total. The molecule has 2 atom stereocenters. The van der Waals surface area contributed by atoms with Gasteiger partial charge in [-0.3, -0.25) is 0 Å². The van der Waals surface area contributed by atoms with Crippen molar-refractivity contribution >= 4 is 6.03 Å². The van der Waals surface area contributed by atoms with E-state index >= 15 is 0 Å². The molecule has 1 rings (SSSR count). The zero-order valence-corrected chi connectivity index (χ0v) is 12.1. The van der Waals surface area contributed by atoms with E-state index in [1.807, 2.05) is 37.3 Å². The summed E-state index contributed by atoms with van der Waals surface area (Å²) in [5, 5.41) is 15.0. The van der Waals surface area contributed by atoms with Gasteiger partial charge in [0.1, 0.15) is 0 Å². The number of hydrogen-bond donors (Lipinski definition) is 3. The van der Waals surface area contributed by atoms with E-state index in [1.165, 1.54) is 12.7 Å². The standard InChI is InChI=1S/C15H24N2O3/c1-3-13(9-12-7-5-4-6-8-12)17-15(19)16-10-14(18)11-20-2/h4-8,13-14,18H,3,9-11H2,1-2H3,(H2,16,17,19). The molecule has 0 heterocycles. The Bertz CT molecular complexity index is 384. The number of aliphatic hydroxyl groups excluding tert-OH is 1. The van der Waals surface area contributed by atoms with Crippen LogP contribution in [-0.4, -0.2) is 43.5 Å². The average molecular weight is 280 g/mol. The third-order valence-corrected chi connectivity index (χ3v) is 3.01. The van der Waals surface area contributed by atoms with Crippen LogP contribution < -0.4 is 10.6 Å². The van der Waals surface area contributed by atoms with Crippen molar-refractivity contribution < 1.29 is 14.6 Å². The minimum absolute atomic E-state index is 0.0805. The zero-order valence-electron chi connectivity index (χ0n) is 12.1. The molecule has 2 unspecified atom stereocenters. The summed E-state index contributed by atoms with van der Waals surface area (Å²) in [6.45, 7) is 2.43. The van der Waals surface area contributed by atoms with E-state index in [0.29, 0.717) is 0 Å². The highest BCUT2D eigenvalue weighted by atomic mass is 16.5. The van der Waals surface area contributed by atoms with Crippen molar-refractivity contribution in [3.8, 4) is 0 Å². The van der Waals surface area contributed by atoms with Gasteiger partial charge < -0.3 is 20.5 Å². The first-order valence-corrected chi connectivity index (χ1v) is 6.91. The number of ether oxygens (including phenoxy) is 1. The fraction of sp³-hybridized carbons (Fsp3) is 0.533. The number of carbonyl (C=O) groups is 1. The number of rotatable bonds is 8. The summed E-state index contributed by atoms with van der Waals surface area (Å²) in [5.41, 5.74) is 1.19.